The van der Waals surface area contributed by atoms with Gasteiger partial charge in [0.25, 0.3) is 0 Å². The second-order valence-corrected chi connectivity index (χ2v) is 5.21. The number of hydrogen-bond acceptors (Lipinski definition) is 2. The van der Waals surface area contributed by atoms with Gasteiger partial charge in [-0.2, -0.15) is 0 Å². The molecule has 0 fully saturated rings. The summed E-state index contributed by atoms with van der Waals surface area (Å²) in [5.74, 6) is 1.68. The van der Waals surface area contributed by atoms with Crippen LogP contribution in [0.15, 0.2) is 12.1 Å². The summed E-state index contributed by atoms with van der Waals surface area (Å²) in [6.45, 7) is 10.3. The molecule has 2 N–H and O–H groups in total. The SMILES string of the molecule is CCCOc1ccc(CC(C)CCN)c(C)c1C. The van der Waals surface area contributed by atoms with Crippen LogP contribution in [0.3, 0.4) is 0 Å². The fourth-order valence-corrected chi connectivity index (χ4v) is 2.20. The first-order valence-electron chi connectivity index (χ1n) is 7.02. The quantitative estimate of drug-likeness (QED) is 0.801. The average molecular weight is 249 g/mol. The summed E-state index contributed by atoms with van der Waals surface area (Å²) in [6.07, 6.45) is 3.25. The van der Waals surface area contributed by atoms with Crippen LogP contribution in [0.1, 0.15) is 43.4 Å². The summed E-state index contributed by atoms with van der Waals surface area (Å²) in [5, 5.41) is 0. The van der Waals surface area contributed by atoms with Crippen molar-refractivity contribution in [2.75, 3.05) is 13.2 Å². The van der Waals surface area contributed by atoms with Crippen LogP contribution < -0.4 is 10.5 Å². The molecule has 1 atom stereocenters. The molecular weight excluding hydrogens is 222 g/mol. The van der Waals surface area contributed by atoms with Gasteiger partial charge in [0, 0.05) is 0 Å². The van der Waals surface area contributed by atoms with Crippen molar-refractivity contribution in [1.82, 2.24) is 0 Å². The molecular formula is C16H27NO. The lowest BCUT2D eigenvalue weighted by atomic mass is 9.93. The zero-order valence-corrected chi connectivity index (χ0v) is 12.3. The molecule has 0 amide bonds. The van der Waals surface area contributed by atoms with Crippen LogP contribution in [0, 0.1) is 19.8 Å². The minimum atomic E-state index is 0.649. The van der Waals surface area contributed by atoms with Gasteiger partial charge in [-0.25, -0.2) is 0 Å². The normalized spacial score (nSPS) is 12.5. The Bertz CT molecular complexity index is 374. The maximum Gasteiger partial charge on any atom is 0.122 e. The van der Waals surface area contributed by atoms with Crippen molar-refractivity contribution in [3.05, 3.63) is 28.8 Å². The Balaban J connectivity index is 2.80. The van der Waals surface area contributed by atoms with Crippen molar-refractivity contribution in [2.24, 2.45) is 11.7 Å². The van der Waals surface area contributed by atoms with Gasteiger partial charge < -0.3 is 10.5 Å². The summed E-state index contributed by atoms with van der Waals surface area (Å²) in [5.41, 5.74) is 9.68. The molecule has 18 heavy (non-hydrogen) atoms. The molecule has 1 unspecified atom stereocenters. The maximum absolute atomic E-state index is 5.75. The predicted molar refractivity (Wildman–Crippen MR) is 78.2 cm³/mol. The molecule has 0 heterocycles. The third-order valence-corrected chi connectivity index (χ3v) is 3.54. The highest BCUT2D eigenvalue weighted by atomic mass is 16.5. The van der Waals surface area contributed by atoms with Crippen LogP contribution >= 0.6 is 0 Å². The van der Waals surface area contributed by atoms with Crippen molar-refractivity contribution in [2.45, 2.75) is 47.0 Å². The van der Waals surface area contributed by atoms with Gasteiger partial charge in [0.2, 0.25) is 0 Å². The molecule has 102 valence electrons. The van der Waals surface area contributed by atoms with Gasteiger partial charge in [0.15, 0.2) is 0 Å². The van der Waals surface area contributed by atoms with E-state index in [0.29, 0.717) is 5.92 Å². The van der Waals surface area contributed by atoms with E-state index in [1.54, 1.807) is 0 Å². The highest BCUT2D eigenvalue weighted by molar-refractivity contribution is 5.43. The van der Waals surface area contributed by atoms with Gasteiger partial charge in [-0.05, 0) is 68.3 Å². The summed E-state index contributed by atoms with van der Waals surface area (Å²) in [6, 6.07) is 4.32. The van der Waals surface area contributed by atoms with Crippen molar-refractivity contribution in [3.8, 4) is 5.75 Å². The predicted octanol–water partition coefficient (Wildman–Crippen LogP) is 3.62. The summed E-state index contributed by atoms with van der Waals surface area (Å²) in [7, 11) is 0. The molecule has 0 saturated carbocycles. The molecule has 0 radical (unpaired) electrons. The molecule has 2 heteroatoms. The van der Waals surface area contributed by atoms with Crippen molar-refractivity contribution < 1.29 is 4.74 Å². The summed E-state index contributed by atoms with van der Waals surface area (Å²) in [4.78, 5) is 0. The Labute approximate surface area is 112 Å². The van der Waals surface area contributed by atoms with E-state index in [0.717, 1.165) is 38.2 Å². The second-order valence-electron chi connectivity index (χ2n) is 5.21. The van der Waals surface area contributed by atoms with Crippen LogP contribution in [0.4, 0.5) is 0 Å². The standard InChI is InChI=1S/C16H27NO/c1-5-10-18-16-7-6-15(13(3)14(16)4)11-12(2)8-9-17/h6-7,12H,5,8-11,17H2,1-4H3. The van der Waals surface area contributed by atoms with Gasteiger partial charge in [-0.1, -0.05) is 19.9 Å². The molecule has 0 aliphatic carbocycles. The number of rotatable bonds is 7. The number of hydrogen-bond donors (Lipinski definition) is 1. The highest BCUT2D eigenvalue weighted by Gasteiger charge is 2.10. The molecule has 0 aliphatic rings. The Morgan fingerprint density at radius 3 is 2.56 bits per heavy atom. The van der Waals surface area contributed by atoms with Crippen molar-refractivity contribution >= 4 is 0 Å². The van der Waals surface area contributed by atoms with Crippen LogP contribution in [-0.2, 0) is 6.42 Å². The van der Waals surface area contributed by atoms with Gasteiger partial charge in [0.05, 0.1) is 6.61 Å². The summed E-state index contributed by atoms with van der Waals surface area (Å²) < 4.78 is 5.75. The van der Waals surface area contributed by atoms with E-state index in [-0.39, 0.29) is 0 Å². The third kappa shape index (κ3) is 4.02. The van der Waals surface area contributed by atoms with Crippen molar-refractivity contribution in [1.29, 1.82) is 0 Å². The molecule has 0 bridgehead atoms. The lowest BCUT2D eigenvalue weighted by Crippen LogP contribution is -2.09. The van der Waals surface area contributed by atoms with Gasteiger partial charge in [-0.3, -0.25) is 0 Å². The fourth-order valence-electron chi connectivity index (χ4n) is 2.20. The topological polar surface area (TPSA) is 35.2 Å². The van der Waals surface area contributed by atoms with Gasteiger partial charge >= 0.3 is 0 Å². The first kappa shape index (κ1) is 15.0. The molecule has 0 aliphatic heterocycles. The monoisotopic (exact) mass is 249 g/mol. The largest absolute Gasteiger partial charge is 0.493 e. The van der Waals surface area contributed by atoms with E-state index in [9.17, 15) is 0 Å². The van der Waals surface area contributed by atoms with E-state index in [2.05, 4.69) is 39.8 Å². The lowest BCUT2D eigenvalue weighted by Gasteiger charge is -2.16. The Morgan fingerprint density at radius 1 is 1.22 bits per heavy atom. The first-order valence-corrected chi connectivity index (χ1v) is 7.02. The molecule has 0 spiro atoms. The van der Waals surface area contributed by atoms with Gasteiger partial charge in [0.1, 0.15) is 5.75 Å². The van der Waals surface area contributed by atoms with E-state index >= 15 is 0 Å². The van der Waals surface area contributed by atoms with Crippen molar-refractivity contribution in [3.63, 3.8) is 0 Å². The fraction of sp³-hybridized carbons (Fsp3) is 0.625. The van der Waals surface area contributed by atoms with E-state index < -0.39 is 0 Å². The molecule has 1 aromatic carbocycles. The lowest BCUT2D eigenvalue weighted by molar-refractivity contribution is 0.315. The number of benzene rings is 1. The zero-order chi connectivity index (χ0) is 13.5. The Kier molecular flexibility index (Phi) is 6.20. The molecule has 2 nitrogen and oxygen atoms in total. The molecule has 0 saturated heterocycles. The third-order valence-electron chi connectivity index (χ3n) is 3.54. The molecule has 1 aromatic rings. The molecule has 1 rings (SSSR count). The zero-order valence-electron chi connectivity index (χ0n) is 12.3. The highest BCUT2D eigenvalue weighted by Crippen LogP contribution is 2.26. The Morgan fingerprint density at radius 2 is 1.94 bits per heavy atom. The van der Waals surface area contributed by atoms with E-state index in [1.807, 2.05) is 0 Å². The van der Waals surface area contributed by atoms with Crippen LogP contribution in [0.2, 0.25) is 0 Å². The number of nitrogens with two attached hydrogens (primary N) is 1. The van der Waals surface area contributed by atoms with E-state index in [1.165, 1.54) is 16.7 Å². The second kappa shape index (κ2) is 7.42. The minimum Gasteiger partial charge on any atom is -0.493 e. The maximum atomic E-state index is 5.75. The molecule has 0 aromatic heterocycles. The van der Waals surface area contributed by atoms with E-state index in [4.69, 9.17) is 10.5 Å². The first-order chi connectivity index (χ1) is 8.60. The smallest absolute Gasteiger partial charge is 0.122 e. The van der Waals surface area contributed by atoms with Crippen LogP contribution in [0.5, 0.6) is 5.75 Å². The van der Waals surface area contributed by atoms with Crippen LogP contribution in [0.25, 0.3) is 0 Å². The average Bonchev–Trinajstić information content (AvgIpc) is 2.34. The van der Waals surface area contributed by atoms with Gasteiger partial charge in [-0.15, -0.1) is 0 Å². The minimum absolute atomic E-state index is 0.649. The van der Waals surface area contributed by atoms with Crippen LogP contribution in [-0.4, -0.2) is 13.2 Å². The Hall–Kier alpha value is -1.02. The number of ether oxygens (including phenoxy) is 1. The summed E-state index contributed by atoms with van der Waals surface area (Å²) >= 11 is 0.